The Morgan fingerprint density at radius 3 is 2.28 bits per heavy atom. The topological polar surface area (TPSA) is 66.5 Å². The van der Waals surface area contributed by atoms with Gasteiger partial charge in [0, 0.05) is 28.1 Å². The smallest absolute Gasteiger partial charge is 0.264 e. The fraction of sp³-hybridized carbons (Fsp3) is 0.174. The molecule has 0 unspecified atom stereocenters. The van der Waals surface area contributed by atoms with Gasteiger partial charge in [-0.15, -0.1) is 0 Å². The first kappa shape index (κ1) is 24.5. The molecule has 0 aliphatic carbocycles. The van der Waals surface area contributed by atoms with Crippen LogP contribution in [0.5, 0.6) is 0 Å². The lowest BCUT2D eigenvalue weighted by Crippen LogP contribution is -2.41. The molecule has 0 saturated carbocycles. The molecule has 0 spiro atoms. The van der Waals surface area contributed by atoms with Crippen LogP contribution in [0.15, 0.2) is 83.8 Å². The van der Waals surface area contributed by atoms with Crippen LogP contribution in [-0.4, -0.2) is 33.2 Å². The van der Waals surface area contributed by atoms with Gasteiger partial charge in [-0.1, -0.05) is 59.6 Å². The van der Waals surface area contributed by atoms with Crippen molar-refractivity contribution in [1.82, 2.24) is 5.32 Å². The van der Waals surface area contributed by atoms with E-state index in [9.17, 15) is 13.2 Å². The molecule has 0 radical (unpaired) electrons. The van der Waals surface area contributed by atoms with E-state index in [1.54, 1.807) is 48.2 Å². The van der Waals surface area contributed by atoms with Crippen LogP contribution in [0, 0.1) is 0 Å². The second-order valence-electron chi connectivity index (χ2n) is 6.84. The van der Waals surface area contributed by atoms with Gasteiger partial charge in [0.1, 0.15) is 6.54 Å². The minimum Gasteiger partial charge on any atom is -0.354 e. The number of benzene rings is 3. The summed E-state index contributed by atoms with van der Waals surface area (Å²) in [5, 5.41) is 3.87. The Kier molecular flexibility index (Phi) is 8.87. The van der Waals surface area contributed by atoms with E-state index in [0.29, 0.717) is 28.0 Å². The maximum atomic E-state index is 13.2. The first-order chi connectivity index (χ1) is 15.4. The highest BCUT2D eigenvalue weighted by Gasteiger charge is 2.27. The van der Waals surface area contributed by atoms with Gasteiger partial charge in [-0.05, 0) is 48.0 Å². The second-order valence-corrected chi connectivity index (χ2v) is 10.7. The zero-order valence-corrected chi connectivity index (χ0v) is 20.2. The van der Waals surface area contributed by atoms with Crippen molar-refractivity contribution in [3.8, 4) is 0 Å². The average Bonchev–Trinajstić information content (AvgIpc) is 2.78. The number of carbonyl (C=O) groups is 1. The number of nitrogens with zero attached hydrogens (tertiary/aromatic N) is 1. The summed E-state index contributed by atoms with van der Waals surface area (Å²) in [6.45, 7) is 0.0648. The Hall–Kier alpha value is -2.19. The van der Waals surface area contributed by atoms with Gasteiger partial charge < -0.3 is 5.32 Å². The van der Waals surface area contributed by atoms with E-state index < -0.39 is 15.9 Å². The zero-order valence-electron chi connectivity index (χ0n) is 17.1. The van der Waals surface area contributed by atoms with Crippen molar-refractivity contribution in [3.63, 3.8) is 0 Å². The molecule has 0 heterocycles. The Morgan fingerprint density at radius 1 is 0.906 bits per heavy atom. The highest BCUT2D eigenvalue weighted by molar-refractivity contribution is 7.98. The molecule has 0 aromatic heterocycles. The molecule has 0 bridgehead atoms. The van der Waals surface area contributed by atoms with Crippen LogP contribution in [-0.2, 0) is 20.6 Å². The first-order valence-corrected chi connectivity index (χ1v) is 13.1. The molecule has 1 amide bonds. The number of thioether (sulfide) groups is 1. The molecular weight excluding hydrogens is 487 g/mol. The summed E-state index contributed by atoms with van der Waals surface area (Å²) >= 11 is 13.7. The minimum absolute atomic E-state index is 0.102. The van der Waals surface area contributed by atoms with E-state index in [1.807, 2.05) is 24.3 Å². The number of nitrogens with one attached hydrogen (secondary N) is 1. The number of anilines is 1. The van der Waals surface area contributed by atoms with Gasteiger partial charge in [-0.3, -0.25) is 9.10 Å². The number of hydrogen-bond donors (Lipinski definition) is 1. The van der Waals surface area contributed by atoms with Crippen molar-refractivity contribution in [2.75, 3.05) is 23.1 Å². The van der Waals surface area contributed by atoms with Crippen molar-refractivity contribution >= 4 is 56.6 Å². The Bertz CT molecular complexity index is 1160. The van der Waals surface area contributed by atoms with Gasteiger partial charge >= 0.3 is 0 Å². The standard InChI is InChI=1S/C23H22Cl2N2O3S2/c24-19-7-4-6-18(14-19)17-31-13-12-26-23(28)16-27(21-9-5-8-20(25)15-21)32(29,30)22-10-2-1-3-11-22/h1-11,14-15H,12-13,16-17H2,(H,26,28). The van der Waals surface area contributed by atoms with E-state index in [-0.39, 0.29) is 11.4 Å². The minimum atomic E-state index is -3.95. The third kappa shape index (κ3) is 6.90. The molecule has 0 fully saturated rings. The van der Waals surface area contributed by atoms with Gasteiger partial charge in [-0.2, -0.15) is 11.8 Å². The number of halogens is 2. The van der Waals surface area contributed by atoms with Crippen molar-refractivity contribution in [3.05, 3.63) is 94.5 Å². The lowest BCUT2D eigenvalue weighted by Gasteiger charge is -2.24. The number of hydrogen-bond acceptors (Lipinski definition) is 4. The summed E-state index contributed by atoms with van der Waals surface area (Å²) in [7, 11) is -3.95. The molecule has 3 aromatic rings. The van der Waals surface area contributed by atoms with Crippen LogP contribution >= 0.6 is 35.0 Å². The molecule has 0 saturated heterocycles. The van der Waals surface area contributed by atoms with Gasteiger partial charge in [0.15, 0.2) is 0 Å². The Balaban J connectivity index is 1.62. The Morgan fingerprint density at radius 2 is 1.59 bits per heavy atom. The number of amides is 1. The molecule has 168 valence electrons. The SMILES string of the molecule is O=C(CN(c1cccc(Cl)c1)S(=O)(=O)c1ccccc1)NCCSCc1cccc(Cl)c1. The van der Waals surface area contributed by atoms with Gasteiger partial charge in [-0.25, -0.2) is 8.42 Å². The van der Waals surface area contributed by atoms with Crippen molar-refractivity contribution in [2.24, 2.45) is 0 Å². The summed E-state index contributed by atoms with van der Waals surface area (Å²) in [5.41, 5.74) is 1.43. The van der Waals surface area contributed by atoms with E-state index in [2.05, 4.69) is 5.32 Å². The van der Waals surface area contributed by atoms with Gasteiger partial charge in [0.25, 0.3) is 10.0 Å². The van der Waals surface area contributed by atoms with Crippen LogP contribution in [0.1, 0.15) is 5.56 Å². The molecule has 1 N–H and O–H groups in total. The molecule has 0 atom stereocenters. The normalized spacial score (nSPS) is 11.2. The van der Waals surface area contributed by atoms with Crippen LogP contribution in [0.2, 0.25) is 10.0 Å². The summed E-state index contributed by atoms with van der Waals surface area (Å²) < 4.78 is 27.5. The lowest BCUT2D eigenvalue weighted by atomic mass is 10.2. The molecular formula is C23H22Cl2N2O3S2. The molecule has 5 nitrogen and oxygen atoms in total. The molecule has 3 aromatic carbocycles. The molecule has 3 rings (SSSR count). The summed E-state index contributed by atoms with van der Waals surface area (Å²) in [4.78, 5) is 12.7. The van der Waals surface area contributed by atoms with Crippen molar-refractivity contribution < 1.29 is 13.2 Å². The number of rotatable bonds is 10. The maximum Gasteiger partial charge on any atom is 0.264 e. The van der Waals surface area contributed by atoms with Crippen LogP contribution in [0.3, 0.4) is 0 Å². The fourth-order valence-corrected chi connectivity index (χ4v) is 5.57. The van der Waals surface area contributed by atoms with Crippen molar-refractivity contribution in [1.29, 1.82) is 0 Å². The fourth-order valence-electron chi connectivity index (χ4n) is 2.93. The lowest BCUT2D eigenvalue weighted by molar-refractivity contribution is -0.119. The van der Waals surface area contributed by atoms with E-state index in [0.717, 1.165) is 15.6 Å². The largest absolute Gasteiger partial charge is 0.354 e. The highest BCUT2D eigenvalue weighted by Crippen LogP contribution is 2.26. The maximum absolute atomic E-state index is 13.2. The molecule has 0 aliphatic heterocycles. The summed E-state index contributed by atoms with van der Waals surface area (Å²) in [6.07, 6.45) is 0. The zero-order chi connectivity index (χ0) is 23.0. The third-order valence-electron chi connectivity index (χ3n) is 4.44. The molecule has 9 heteroatoms. The third-order valence-corrected chi connectivity index (χ3v) is 7.73. The highest BCUT2D eigenvalue weighted by atomic mass is 35.5. The van der Waals surface area contributed by atoms with Crippen LogP contribution < -0.4 is 9.62 Å². The number of carbonyl (C=O) groups excluding carboxylic acids is 1. The van der Waals surface area contributed by atoms with E-state index in [4.69, 9.17) is 23.2 Å². The van der Waals surface area contributed by atoms with Crippen LogP contribution in [0.4, 0.5) is 5.69 Å². The van der Waals surface area contributed by atoms with E-state index >= 15 is 0 Å². The van der Waals surface area contributed by atoms with Gasteiger partial charge in [0.2, 0.25) is 5.91 Å². The van der Waals surface area contributed by atoms with E-state index in [1.165, 1.54) is 18.2 Å². The summed E-state index contributed by atoms with van der Waals surface area (Å²) in [6, 6.07) is 22.1. The van der Waals surface area contributed by atoms with Crippen molar-refractivity contribution in [2.45, 2.75) is 10.6 Å². The monoisotopic (exact) mass is 508 g/mol. The predicted molar refractivity (Wildman–Crippen MR) is 133 cm³/mol. The number of sulfonamides is 1. The first-order valence-electron chi connectivity index (χ1n) is 9.78. The Labute approximate surface area is 202 Å². The summed E-state index contributed by atoms with van der Waals surface area (Å²) in [5.74, 6) is 1.06. The molecule has 32 heavy (non-hydrogen) atoms. The predicted octanol–water partition coefficient (Wildman–Crippen LogP) is 5.24. The molecule has 0 aliphatic rings. The van der Waals surface area contributed by atoms with Crippen LogP contribution in [0.25, 0.3) is 0 Å². The quantitative estimate of drug-likeness (QED) is 0.380. The average molecular weight is 509 g/mol. The second kappa shape index (κ2) is 11.6. The van der Waals surface area contributed by atoms with Gasteiger partial charge in [0.05, 0.1) is 10.6 Å².